The molecule has 0 aliphatic carbocycles. The van der Waals surface area contributed by atoms with Gasteiger partial charge in [-0.25, -0.2) is 8.42 Å². The van der Waals surface area contributed by atoms with Crippen LogP contribution >= 0.6 is 0 Å². The van der Waals surface area contributed by atoms with Crippen molar-refractivity contribution in [3.05, 3.63) is 90.3 Å². The molecule has 0 spiro atoms. The van der Waals surface area contributed by atoms with Crippen LogP contribution in [-0.4, -0.2) is 18.9 Å². The molecule has 0 unspecified atom stereocenters. The van der Waals surface area contributed by atoms with Crippen LogP contribution in [-0.2, 0) is 9.84 Å². The molecule has 4 nitrogen and oxygen atoms in total. The fourth-order valence-electron chi connectivity index (χ4n) is 2.55. The highest BCUT2D eigenvalue weighted by Gasteiger charge is 2.46. The van der Waals surface area contributed by atoms with Gasteiger partial charge in [0.1, 0.15) is 0 Å². The highest BCUT2D eigenvalue weighted by atomic mass is 32.2. The van der Waals surface area contributed by atoms with Crippen molar-refractivity contribution in [1.29, 1.82) is 0 Å². The van der Waals surface area contributed by atoms with Crippen LogP contribution in [0.2, 0.25) is 0 Å². The Hall–Kier alpha value is -2.87. The third-order valence-electron chi connectivity index (χ3n) is 3.90. The first-order valence-electron chi connectivity index (χ1n) is 7.93. The molecule has 0 aliphatic heterocycles. The Kier molecular flexibility index (Phi) is 5.18. The largest absolute Gasteiger partial charge is 0.501 e. The molecule has 1 atom stereocenters. The lowest BCUT2D eigenvalue weighted by atomic mass is 10.0. The Labute approximate surface area is 154 Å². The summed E-state index contributed by atoms with van der Waals surface area (Å²) in [5, 5.41) is 3.19. The van der Waals surface area contributed by atoms with Crippen LogP contribution in [0.4, 0.5) is 18.9 Å². The number of benzene rings is 2. The molecular formula is C19H15F3N2O2S. The molecule has 0 aliphatic rings. The summed E-state index contributed by atoms with van der Waals surface area (Å²) in [7, 11) is -5.37. The summed E-state index contributed by atoms with van der Waals surface area (Å²) in [6.07, 6.45) is 1.64. The normalized spacial score (nSPS) is 13.1. The fraction of sp³-hybridized carbons (Fsp3) is 0.105. The van der Waals surface area contributed by atoms with Gasteiger partial charge in [-0.2, -0.15) is 13.2 Å². The zero-order chi connectivity index (χ0) is 19.5. The molecule has 140 valence electrons. The number of pyridine rings is 1. The van der Waals surface area contributed by atoms with E-state index in [9.17, 15) is 21.6 Å². The molecule has 0 bridgehead atoms. The van der Waals surface area contributed by atoms with Gasteiger partial charge in [0, 0.05) is 11.9 Å². The van der Waals surface area contributed by atoms with Gasteiger partial charge >= 0.3 is 5.51 Å². The molecule has 2 aromatic carbocycles. The first-order valence-corrected chi connectivity index (χ1v) is 9.41. The maximum atomic E-state index is 12.7. The van der Waals surface area contributed by atoms with Gasteiger partial charge in [0.2, 0.25) is 0 Å². The third kappa shape index (κ3) is 4.11. The van der Waals surface area contributed by atoms with Gasteiger partial charge in [-0.15, -0.1) is 0 Å². The summed E-state index contributed by atoms with van der Waals surface area (Å²) in [6.45, 7) is 0. The highest BCUT2D eigenvalue weighted by molar-refractivity contribution is 7.92. The van der Waals surface area contributed by atoms with Crippen LogP contribution in [0.5, 0.6) is 0 Å². The van der Waals surface area contributed by atoms with Crippen LogP contribution in [0.15, 0.2) is 83.9 Å². The summed E-state index contributed by atoms with van der Waals surface area (Å²) in [4.78, 5) is 3.54. The van der Waals surface area contributed by atoms with Gasteiger partial charge in [-0.05, 0) is 42.0 Å². The standard InChI is InChI=1S/C19H15F3N2O2S/c20-19(21,22)27(25,26)16-11-9-15(10-12-16)24-18(14-6-2-1-3-7-14)17-8-4-5-13-23-17/h1-13,18,24H/t18-/m1/s1. The van der Waals surface area contributed by atoms with Crippen LogP contribution in [0.25, 0.3) is 0 Å². The third-order valence-corrected chi connectivity index (χ3v) is 5.40. The maximum Gasteiger partial charge on any atom is 0.501 e. The lowest BCUT2D eigenvalue weighted by molar-refractivity contribution is -0.0436. The average Bonchev–Trinajstić information content (AvgIpc) is 2.67. The summed E-state index contributed by atoms with van der Waals surface area (Å²) < 4.78 is 60.9. The second-order valence-corrected chi connectivity index (χ2v) is 7.66. The number of hydrogen-bond donors (Lipinski definition) is 1. The van der Waals surface area contributed by atoms with E-state index in [0.29, 0.717) is 5.69 Å². The molecule has 0 saturated heterocycles. The minimum atomic E-state index is -5.37. The van der Waals surface area contributed by atoms with Crippen LogP contribution in [0.1, 0.15) is 17.3 Å². The molecule has 3 aromatic rings. The summed E-state index contributed by atoms with van der Waals surface area (Å²) in [5.41, 5.74) is -3.24. The van der Waals surface area contributed by atoms with E-state index >= 15 is 0 Å². The van der Waals surface area contributed by atoms with Gasteiger partial charge < -0.3 is 5.32 Å². The van der Waals surface area contributed by atoms with Gasteiger partial charge in [0.25, 0.3) is 9.84 Å². The first-order chi connectivity index (χ1) is 12.8. The van der Waals surface area contributed by atoms with Crippen molar-refractivity contribution in [2.45, 2.75) is 16.4 Å². The molecule has 0 radical (unpaired) electrons. The van der Waals surface area contributed by atoms with Gasteiger partial charge in [-0.1, -0.05) is 36.4 Å². The number of alkyl halides is 3. The smallest absolute Gasteiger partial charge is 0.373 e. The van der Waals surface area contributed by atoms with Gasteiger partial charge in [0.15, 0.2) is 0 Å². The monoisotopic (exact) mass is 392 g/mol. The second kappa shape index (κ2) is 7.40. The Bertz CT molecular complexity index is 951. The molecule has 3 rings (SSSR count). The predicted octanol–water partition coefficient (Wildman–Crippen LogP) is 4.58. The lowest BCUT2D eigenvalue weighted by Crippen LogP contribution is -2.23. The van der Waals surface area contributed by atoms with Crippen LogP contribution in [0.3, 0.4) is 0 Å². The Balaban J connectivity index is 1.91. The quantitative estimate of drug-likeness (QED) is 0.691. The van der Waals surface area contributed by atoms with E-state index < -0.39 is 20.2 Å². The minimum Gasteiger partial charge on any atom is -0.373 e. The molecule has 1 aromatic heterocycles. The summed E-state index contributed by atoms with van der Waals surface area (Å²) in [6, 6.07) is 19.0. The first kappa shape index (κ1) is 18.9. The van der Waals surface area contributed by atoms with Crippen molar-refractivity contribution in [2.75, 3.05) is 5.32 Å². The molecule has 8 heteroatoms. The Morgan fingerprint density at radius 2 is 1.48 bits per heavy atom. The number of nitrogens with zero attached hydrogens (tertiary/aromatic N) is 1. The fourth-order valence-corrected chi connectivity index (χ4v) is 3.31. The van der Waals surface area contributed by atoms with Crippen LogP contribution in [0, 0.1) is 0 Å². The number of aromatic nitrogens is 1. The minimum absolute atomic E-state index is 0.350. The lowest BCUT2D eigenvalue weighted by Gasteiger charge is -2.20. The van der Waals surface area contributed by atoms with Crippen molar-refractivity contribution >= 4 is 15.5 Å². The number of anilines is 1. The van der Waals surface area contributed by atoms with E-state index in [1.807, 2.05) is 42.5 Å². The van der Waals surface area contributed by atoms with E-state index in [0.717, 1.165) is 23.4 Å². The topological polar surface area (TPSA) is 59.1 Å². The Morgan fingerprint density at radius 3 is 2.04 bits per heavy atom. The van der Waals surface area contributed by atoms with Crippen LogP contribution < -0.4 is 5.32 Å². The van der Waals surface area contributed by atoms with Crippen molar-refractivity contribution in [2.24, 2.45) is 0 Å². The average molecular weight is 392 g/mol. The van der Waals surface area contributed by atoms with E-state index in [1.54, 1.807) is 12.3 Å². The summed E-state index contributed by atoms with van der Waals surface area (Å²) >= 11 is 0. The number of rotatable bonds is 5. The van der Waals surface area contributed by atoms with Crippen molar-refractivity contribution in [3.63, 3.8) is 0 Å². The SMILES string of the molecule is O=S(=O)(c1ccc(N[C@H](c2ccccc2)c2ccccn2)cc1)C(F)(F)F. The molecule has 0 amide bonds. The summed E-state index contributed by atoms with van der Waals surface area (Å²) in [5.74, 6) is 0. The molecule has 27 heavy (non-hydrogen) atoms. The van der Waals surface area contributed by atoms with E-state index in [1.165, 1.54) is 12.1 Å². The number of nitrogens with one attached hydrogen (secondary N) is 1. The maximum absolute atomic E-state index is 12.7. The predicted molar refractivity (Wildman–Crippen MR) is 95.8 cm³/mol. The zero-order valence-corrected chi connectivity index (χ0v) is 14.7. The number of hydrogen-bond acceptors (Lipinski definition) is 4. The number of sulfone groups is 1. The zero-order valence-electron chi connectivity index (χ0n) is 13.9. The van der Waals surface area contributed by atoms with E-state index in [4.69, 9.17) is 0 Å². The van der Waals surface area contributed by atoms with E-state index in [-0.39, 0.29) is 6.04 Å². The Morgan fingerprint density at radius 1 is 0.852 bits per heavy atom. The molecule has 0 saturated carbocycles. The molecular weight excluding hydrogens is 377 g/mol. The van der Waals surface area contributed by atoms with Gasteiger partial charge in [0.05, 0.1) is 16.6 Å². The second-order valence-electron chi connectivity index (χ2n) is 5.72. The highest BCUT2D eigenvalue weighted by Crippen LogP contribution is 2.31. The number of halogens is 3. The van der Waals surface area contributed by atoms with Gasteiger partial charge in [-0.3, -0.25) is 4.98 Å². The van der Waals surface area contributed by atoms with Crippen molar-refractivity contribution in [1.82, 2.24) is 4.98 Å². The molecule has 1 N–H and O–H groups in total. The van der Waals surface area contributed by atoms with E-state index in [2.05, 4.69) is 10.3 Å². The van der Waals surface area contributed by atoms with Crippen molar-refractivity contribution < 1.29 is 21.6 Å². The molecule has 0 fully saturated rings. The van der Waals surface area contributed by atoms with Crippen molar-refractivity contribution in [3.8, 4) is 0 Å². The molecule has 1 heterocycles.